The molecule has 0 aliphatic carbocycles. The Kier molecular flexibility index (Phi) is 5.34. The molecule has 3 heterocycles. The number of halogens is 2. The Bertz CT molecular complexity index is 1160. The smallest absolute Gasteiger partial charge is 0.290 e. The van der Waals surface area contributed by atoms with Gasteiger partial charge < -0.3 is 14.6 Å². The average Bonchev–Trinajstić information content (AvgIpc) is 3.12. The molecule has 164 valence electrons. The summed E-state index contributed by atoms with van der Waals surface area (Å²) in [5.41, 5.74) is 2.79. The van der Waals surface area contributed by atoms with E-state index in [1.807, 2.05) is 11.0 Å². The molecule has 31 heavy (non-hydrogen) atoms. The zero-order valence-corrected chi connectivity index (χ0v) is 19.3. The normalized spacial score (nSPS) is 16.7. The van der Waals surface area contributed by atoms with Gasteiger partial charge in [0.05, 0.1) is 35.9 Å². The number of carbonyl (C=O) groups is 1. The number of aromatic nitrogens is 1. The van der Waals surface area contributed by atoms with E-state index in [1.54, 1.807) is 12.1 Å². The van der Waals surface area contributed by atoms with Crippen LogP contribution in [-0.2, 0) is 5.41 Å². The van der Waals surface area contributed by atoms with Crippen molar-refractivity contribution in [1.29, 1.82) is 0 Å². The van der Waals surface area contributed by atoms with Crippen molar-refractivity contribution < 1.29 is 18.9 Å². The third kappa shape index (κ3) is 4.06. The van der Waals surface area contributed by atoms with Crippen molar-refractivity contribution in [2.45, 2.75) is 45.6 Å². The minimum Gasteiger partial charge on any atom is -0.449 e. The Balaban J connectivity index is 1.84. The molecule has 4 rings (SSSR count). The number of rotatable bonds is 2. The first kappa shape index (κ1) is 21.8. The molecule has 2 aromatic heterocycles. The van der Waals surface area contributed by atoms with E-state index >= 15 is 0 Å². The predicted molar refractivity (Wildman–Crippen MR) is 120 cm³/mol. The number of piperazine rings is 1. The van der Waals surface area contributed by atoms with E-state index in [2.05, 4.69) is 39.9 Å². The second kappa shape index (κ2) is 7.61. The third-order valence-electron chi connectivity index (χ3n) is 5.89. The third-order valence-corrected chi connectivity index (χ3v) is 6.20. The van der Waals surface area contributed by atoms with Crippen molar-refractivity contribution >= 4 is 28.6 Å². The molecular weight excluding hydrogens is 417 g/mol. The number of nitrogens with zero attached hydrogens (tertiary/aromatic N) is 2. The molecule has 1 aliphatic heterocycles. The second-order valence-electron chi connectivity index (χ2n) is 9.81. The van der Waals surface area contributed by atoms with Crippen LogP contribution in [-0.4, -0.2) is 41.0 Å². The van der Waals surface area contributed by atoms with Gasteiger partial charge in [0.25, 0.3) is 5.91 Å². The number of benzene rings is 1. The fourth-order valence-electron chi connectivity index (χ4n) is 4.09. The molecule has 0 unspecified atom stereocenters. The Hall–Kier alpha value is -2.44. The number of hydrogen-bond acceptors (Lipinski definition) is 3. The van der Waals surface area contributed by atoms with Crippen LogP contribution in [0.2, 0.25) is 5.02 Å². The topological polar surface area (TPSA) is 63.0 Å². The maximum Gasteiger partial charge on any atom is 0.290 e. The van der Waals surface area contributed by atoms with Gasteiger partial charge in [-0.2, -0.15) is 0 Å². The number of hydrogen-bond donors (Lipinski definition) is 1. The second-order valence-corrected chi connectivity index (χ2v) is 10.2. The minimum atomic E-state index is -0.495. The van der Waals surface area contributed by atoms with E-state index in [9.17, 15) is 9.18 Å². The van der Waals surface area contributed by atoms with Gasteiger partial charge in [0.2, 0.25) is 0 Å². The van der Waals surface area contributed by atoms with Crippen LogP contribution in [0.4, 0.5) is 4.39 Å². The van der Waals surface area contributed by atoms with Gasteiger partial charge in [-0.1, -0.05) is 38.4 Å². The lowest BCUT2D eigenvalue weighted by Crippen LogP contribution is -2.93. The molecule has 1 amide bonds. The van der Waals surface area contributed by atoms with Crippen molar-refractivity contribution in [3.63, 3.8) is 0 Å². The number of carbonyl (C=O) groups excluding carboxylic acids is 1. The Morgan fingerprint density at radius 2 is 2.00 bits per heavy atom. The monoisotopic (exact) mass is 444 g/mol. The van der Waals surface area contributed by atoms with Gasteiger partial charge in [-0.25, -0.2) is 9.37 Å². The molecule has 1 saturated heterocycles. The number of furan rings is 1. The molecule has 0 saturated carbocycles. The molecule has 1 aromatic carbocycles. The molecular formula is C24H28ClFN3O2+. The highest BCUT2D eigenvalue weighted by atomic mass is 35.5. The summed E-state index contributed by atoms with van der Waals surface area (Å²) in [6.07, 6.45) is 0. The van der Waals surface area contributed by atoms with Crippen LogP contribution in [0, 0.1) is 5.82 Å². The van der Waals surface area contributed by atoms with Crippen LogP contribution in [0.3, 0.4) is 0 Å². The highest BCUT2D eigenvalue weighted by molar-refractivity contribution is 6.30. The number of nitrogens with two attached hydrogens (primary N) is 1. The van der Waals surface area contributed by atoms with E-state index in [0.29, 0.717) is 28.9 Å². The Labute approximate surface area is 186 Å². The summed E-state index contributed by atoms with van der Waals surface area (Å²) < 4.78 is 20.2. The van der Waals surface area contributed by atoms with Gasteiger partial charge in [-0.15, -0.1) is 0 Å². The fourth-order valence-corrected chi connectivity index (χ4v) is 4.20. The van der Waals surface area contributed by atoms with E-state index in [4.69, 9.17) is 21.0 Å². The standard InChI is InChI=1S/C24H27ClFN3O2/c1-23(2,3)15-11-18(14-6-7-16(25)17(26)10-14)28-19-12-20(31-21(15)19)22(30)29-9-8-27-13-24(29,4)5/h6-7,10-12,27H,8-9,13H2,1-5H3/p+1. The molecule has 1 aliphatic rings. The van der Waals surface area contributed by atoms with Gasteiger partial charge in [0.1, 0.15) is 11.3 Å². The van der Waals surface area contributed by atoms with Gasteiger partial charge in [-0.05, 0) is 37.5 Å². The molecule has 0 spiro atoms. The van der Waals surface area contributed by atoms with Crippen LogP contribution in [0.1, 0.15) is 50.7 Å². The highest BCUT2D eigenvalue weighted by Crippen LogP contribution is 2.35. The number of quaternary nitrogens is 1. The van der Waals surface area contributed by atoms with Crippen LogP contribution in [0.5, 0.6) is 0 Å². The van der Waals surface area contributed by atoms with E-state index in [-0.39, 0.29) is 27.6 Å². The van der Waals surface area contributed by atoms with Gasteiger partial charge in [0.15, 0.2) is 11.3 Å². The molecule has 2 N–H and O–H groups in total. The quantitative estimate of drug-likeness (QED) is 0.637. The summed E-state index contributed by atoms with van der Waals surface area (Å²) in [5, 5.41) is 2.29. The van der Waals surface area contributed by atoms with Crippen LogP contribution >= 0.6 is 11.6 Å². The summed E-state index contributed by atoms with van der Waals surface area (Å²) in [4.78, 5) is 19.9. The van der Waals surface area contributed by atoms with E-state index in [1.165, 1.54) is 12.1 Å². The van der Waals surface area contributed by atoms with Crippen molar-refractivity contribution in [2.75, 3.05) is 19.6 Å². The Morgan fingerprint density at radius 3 is 2.65 bits per heavy atom. The van der Waals surface area contributed by atoms with E-state index in [0.717, 1.165) is 18.7 Å². The van der Waals surface area contributed by atoms with Crippen molar-refractivity contribution in [1.82, 2.24) is 9.88 Å². The predicted octanol–water partition coefficient (Wildman–Crippen LogP) is 4.38. The lowest BCUT2D eigenvalue weighted by molar-refractivity contribution is -0.673. The maximum atomic E-state index is 14.1. The SMILES string of the molecule is CC(C)(C)c1cc(-c2ccc(Cl)c(F)c2)nc2cc(C(=O)N3CC[NH2+]CC3(C)C)oc12. The van der Waals surface area contributed by atoms with Crippen molar-refractivity contribution in [2.24, 2.45) is 0 Å². The molecule has 0 bridgehead atoms. The summed E-state index contributed by atoms with van der Waals surface area (Å²) in [6.45, 7) is 12.7. The lowest BCUT2D eigenvalue weighted by Gasteiger charge is -2.39. The number of amides is 1. The summed E-state index contributed by atoms with van der Waals surface area (Å²) in [7, 11) is 0. The summed E-state index contributed by atoms with van der Waals surface area (Å²) in [5.74, 6) is -0.344. The summed E-state index contributed by atoms with van der Waals surface area (Å²) >= 11 is 5.85. The molecule has 5 nitrogen and oxygen atoms in total. The van der Waals surface area contributed by atoms with Gasteiger partial charge >= 0.3 is 0 Å². The molecule has 0 radical (unpaired) electrons. The van der Waals surface area contributed by atoms with Crippen molar-refractivity contribution in [3.05, 3.63) is 52.5 Å². The lowest BCUT2D eigenvalue weighted by atomic mass is 9.86. The first-order valence-electron chi connectivity index (χ1n) is 10.5. The first-order valence-corrected chi connectivity index (χ1v) is 10.9. The fraction of sp³-hybridized carbons (Fsp3) is 0.417. The molecule has 1 fully saturated rings. The van der Waals surface area contributed by atoms with Gasteiger partial charge in [-0.3, -0.25) is 4.79 Å². The van der Waals surface area contributed by atoms with Crippen LogP contribution in [0.15, 0.2) is 34.7 Å². The minimum absolute atomic E-state index is 0.0680. The van der Waals surface area contributed by atoms with Crippen molar-refractivity contribution in [3.8, 4) is 11.3 Å². The number of fused-ring (bicyclic) bond motifs is 1. The van der Waals surface area contributed by atoms with Crippen LogP contribution in [0.25, 0.3) is 22.4 Å². The number of pyridine rings is 1. The van der Waals surface area contributed by atoms with E-state index < -0.39 is 5.82 Å². The maximum absolute atomic E-state index is 14.1. The largest absolute Gasteiger partial charge is 0.449 e. The van der Waals surface area contributed by atoms with Crippen LogP contribution < -0.4 is 5.32 Å². The summed E-state index contributed by atoms with van der Waals surface area (Å²) in [6, 6.07) is 8.25. The highest BCUT2D eigenvalue weighted by Gasteiger charge is 2.38. The average molecular weight is 445 g/mol. The molecule has 3 aromatic rings. The molecule has 7 heteroatoms. The van der Waals surface area contributed by atoms with Gasteiger partial charge in [0, 0.05) is 17.2 Å². The zero-order valence-electron chi connectivity index (χ0n) is 18.6. The Morgan fingerprint density at radius 1 is 1.26 bits per heavy atom. The zero-order chi connectivity index (χ0) is 22.6. The first-order chi connectivity index (χ1) is 14.5. The molecule has 0 atom stereocenters.